The minimum atomic E-state index is -5.63. The number of alkyl halides is 3. The van der Waals surface area contributed by atoms with Gasteiger partial charge in [0, 0.05) is 5.92 Å². The van der Waals surface area contributed by atoms with Crippen LogP contribution < -0.4 is 4.72 Å². The van der Waals surface area contributed by atoms with Crippen LogP contribution in [0.4, 0.5) is 13.2 Å². The smallest absolute Gasteiger partial charge is 0.375 e. The molecule has 0 aromatic rings. The van der Waals surface area contributed by atoms with Crippen LogP contribution in [-0.4, -0.2) is 45.3 Å². The number of carbonyl (C=O) groups excluding carboxylic acids is 1. The average molecular weight is 343 g/mol. The number of hydrogen-bond acceptors (Lipinski definition) is 5. The Morgan fingerprint density at radius 2 is 1.91 bits per heavy atom. The van der Waals surface area contributed by atoms with Crippen molar-refractivity contribution in [2.75, 3.05) is 13.2 Å². The van der Waals surface area contributed by atoms with Gasteiger partial charge in [-0.05, 0) is 31.1 Å². The van der Waals surface area contributed by atoms with Gasteiger partial charge in [-0.1, -0.05) is 0 Å². The monoisotopic (exact) mass is 343 g/mol. The number of fused-ring (bicyclic) bond motifs is 2. The Balaban J connectivity index is 1.54. The summed E-state index contributed by atoms with van der Waals surface area (Å²) in [6.07, 6.45) is 1.73. The van der Waals surface area contributed by atoms with Crippen LogP contribution in [0.25, 0.3) is 0 Å². The van der Waals surface area contributed by atoms with E-state index in [9.17, 15) is 26.4 Å². The molecule has 2 saturated carbocycles. The SMILES string of the molecule is O=C(NS(=O)(=O)C(F)(F)F)C1CC2CC1CC2OCC1CO1. The summed E-state index contributed by atoms with van der Waals surface area (Å²) < 4.78 is 70.7. The topological polar surface area (TPSA) is 85.0 Å². The highest BCUT2D eigenvalue weighted by Crippen LogP contribution is 2.50. The molecule has 0 radical (unpaired) electrons. The third kappa shape index (κ3) is 3.09. The molecular formula is C12H16F3NO5S. The summed E-state index contributed by atoms with van der Waals surface area (Å²) in [6, 6.07) is 0. The lowest BCUT2D eigenvalue weighted by atomic mass is 9.87. The van der Waals surface area contributed by atoms with Crippen LogP contribution in [0.3, 0.4) is 0 Å². The number of amides is 1. The largest absolute Gasteiger partial charge is 0.516 e. The van der Waals surface area contributed by atoms with Crippen LogP contribution in [0.2, 0.25) is 0 Å². The highest BCUT2D eigenvalue weighted by atomic mass is 32.2. The number of carbonyl (C=O) groups is 1. The summed E-state index contributed by atoms with van der Waals surface area (Å²) in [7, 11) is -5.63. The molecule has 1 N–H and O–H groups in total. The Bertz CT molecular complexity index is 560. The van der Waals surface area contributed by atoms with Crippen LogP contribution in [0.1, 0.15) is 19.3 Å². The maximum Gasteiger partial charge on any atom is 0.516 e. The molecule has 0 aromatic heterocycles. The second-order valence-electron chi connectivity index (χ2n) is 6.08. The van der Waals surface area contributed by atoms with Gasteiger partial charge in [-0.25, -0.2) is 4.72 Å². The van der Waals surface area contributed by atoms with Crippen molar-refractivity contribution in [1.29, 1.82) is 0 Å². The van der Waals surface area contributed by atoms with Crippen LogP contribution in [0.5, 0.6) is 0 Å². The maximum absolute atomic E-state index is 12.3. The van der Waals surface area contributed by atoms with E-state index >= 15 is 0 Å². The van der Waals surface area contributed by atoms with Gasteiger partial charge in [-0.15, -0.1) is 0 Å². The molecule has 5 unspecified atom stereocenters. The Labute approximate surface area is 125 Å². The van der Waals surface area contributed by atoms with Gasteiger partial charge in [0.15, 0.2) is 0 Å². The summed E-state index contributed by atoms with van der Waals surface area (Å²) in [4.78, 5) is 11.8. The van der Waals surface area contributed by atoms with Gasteiger partial charge in [0.1, 0.15) is 6.10 Å². The Morgan fingerprint density at radius 1 is 1.23 bits per heavy atom. The maximum atomic E-state index is 12.3. The second kappa shape index (κ2) is 5.34. The first kappa shape index (κ1) is 16.0. The van der Waals surface area contributed by atoms with E-state index < -0.39 is 27.4 Å². The number of hydrogen-bond donors (Lipinski definition) is 1. The van der Waals surface area contributed by atoms with Crippen molar-refractivity contribution in [2.24, 2.45) is 17.8 Å². The summed E-state index contributed by atoms with van der Waals surface area (Å²) in [5, 5.41) is 0. The van der Waals surface area contributed by atoms with Crippen molar-refractivity contribution >= 4 is 15.9 Å². The van der Waals surface area contributed by atoms with Crippen molar-refractivity contribution in [3.8, 4) is 0 Å². The molecule has 1 amide bonds. The highest BCUT2D eigenvalue weighted by Gasteiger charge is 2.52. The second-order valence-corrected chi connectivity index (χ2v) is 7.75. The van der Waals surface area contributed by atoms with Gasteiger partial charge in [-0.2, -0.15) is 21.6 Å². The Hall–Kier alpha value is -0.870. The molecule has 1 heterocycles. The Kier molecular flexibility index (Phi) is 3.89. The van der Waals surface area contributed by atoms with Crippen LogP contribution in [0.15, 0.2) is 0 Å². The quantitative estimate of drug-likeness (QED) is 0.746. The van der Waals surface area contributed by atoms with Gasteiger partial charge < -0.3 is 9.47 Å². The highest BCUT2D eigenvalue weighted by molar-refractivity contribution is 7.90. The predicted molar refractivity (Wildman–Crippen MR) is 66.9 cm³/mol. The molecule has 3 fully saturated rings. The van der Waals surface area contributed by atoms with Gasteiger partial charge in [0.2, 0.25) is 5.91 Å². The lowest BCUT2D eigenvalue weighted by Crippen LogP contribution is -2.44. The van der Waals surface area contributed by atoms with Gasteiger partial charge in [0.25, 0.3) is 0 Å². The van der Waals surface area contributed by atoms with Crippen LogP contribution in [-0.2, 0) is 24.3 Å². The average Bonchev–Trinajstić information content (AvgIpc) is 3.01. The number of ether oxygens (including phenoxy) is 2. The molecule has 3 aliphatic rings. The normalized spacial score (nSPS) is 37.3. The van der Waals surface area contributed by atoms with Gasteiger partial charge in [-0.3, -0.25) is 4.79 Å². The lowest BCUT2D eigenvalue weighted by Gasteiger charge is -2.27. The van der Waals surface area contributed by atoms with Gasteiger partial charge >= 0.3 is 15.5 Å². The molecule has 2 bridgehead atoms. The third-order valence-electron chi connectivity index (χ3n) is 4.57. The van der Waals surface area contributed by atoms with Crippen LogP contribution >= 0.6 is 0 Å². The number of epoxide rings is 1. The fraction of sp³-hybridized carbons (Fsp3) is 0.917. The summed E-state index contributed by atoms with van der Waals surface area (Å²) in [5.74, 6) is -1.79. The van der Waals surface area contributed by atoms with Crippen molar-refractivity contribution < 1.29 is 35.9 Å². The number of rotatable bonds is 5. The molecule has 0 aromatic carbocycles. The van der Waals surface area contributed by atoms with E-state index in [2.05, 4.69) is 0 Å². The van der Waals surface area contributed by atoms with E-state index in [1.54, 1.807) is 0 Å². The first-order valence-corrected chi connectivity index (χ1v) is 8.52. The predicted octanol–water partition coefficient (Wildman–Crippen LogP) is 0.782. The molecule has 1 saturated heterocycles. The molecular weight excluding hydrogens is 327 g/mol. The van der Waals surface area contributed by atoms with E-state index in [0.29, 0.717) is 32.5 Å². The zero-order valence-corrected chi connectivity index (χ0v) is 12.3. The molecule has 3 rings (SSSR count). The van der Waals surface area contributed by atoms with Gasteiger partial charge in [0.05, 0.1) is 19.3 Å². The zero-order valence-electron chi connectivity index (χ0n) is 11.5. The number of halogens is 3. The first-order valence-electron chi connectivity index (χ1n) is 7.03. The van der Waals surface area contributed by atoms with E-state index in [1.165, 1.54) is 0 Å². The van der Waals surface area contributed by atoms with Crippen molar-refractivity contribution in [2.45, 2.75) is 37.0 Å². The van der Waals surface area contributed by atoms with E-state index in [4.69, 9.17) is 9.47 Å². The minimum absolute atomic E-state index is 0.0162. The molecule has 126 valence electrons. The summed E-state index contributed by atoms with van der Waals surface area (Å²) in [6.45, 7) is 1.17. The molecule has 5 atom stereocenters. The first-order chi connectivity index (χ1) is 10.2. The number of nitrogens with one attached hydrogen (secondary N) is 1. The molecule has 22 heavy (non-hydrogen) atoms. The molecule has 1 aliphatic heterocycles. The summed E-state index contributed by atoms with van der Waals surface area (Å²) >= 11 is 0. The fourth-order valence-electron chi connectivity index (χ4n) is 3.41. The molecule has 6 nitrogen and oxygen atoms in total. The molecule has 2 aliphatic carbocycles. The lowest BCUT2D eigenvalue weighted by molar-refractivity contribution is -0.126. The van der Waals surface area contributed by atoms with E-state index in [0.717, 1.165) is 4.72 Å². The van der Waals surface area contributed by atoms with E-state index in [-0.39, 0.29) is 24.0 Å². The third-order valence-corrected chi connectivity index (χ3v) is 5.65. The minimum Gasteiger partial charge on any atom is -0.375 e. The standard InChI is InChI=1S/C12H16F3NO5S/c13-12(14,15)22(18,19)16-11(17)9-2-7-1-6(9)3-10(7)21-5-8-4-20-8/h6-10H,1-5H2,(H,16,17). The summed E-state index contributed by atoms with van der Waals surface area (Å²) in [5.41, 5.74) is -5.48. The van der Waals surface area contributed by atoms with Crippen molar-refractivity contribution in [1.82, 2.24) is 4.72 Å². The molecule has 10 heteroatoms. The zero-order chi connectivity index (χ0) is 16.1. The Morgan fingerprint density at radius 3 is 2.41 bits per heavy atom. The van der Waals surface area contributed by atoms with Crippen molar-refractivity contribution in [3.63, 3.8) is 0 Å². The van der Waals surface area contributed by atoms with Crippen LogP contribution in [0, 0.1) is 17.8 Å². The number of sulfonamides is 1. The molecule has 0 spiro atoms. The fourth-order valence-corrected chi connectivity index (χ4v) is 3.94. The van der Waals surface area contributed by atoms with Crippen molar-refractivity contribution in [3.05, 3.63) is 0 Å². The van der Waals surface area contributed by atoms with E-state index in [1.807, 2.05) is 0 Å².